The standard InChI is InChI=1S/C29H24F3NO2/c1-2-18-19-8-5-10-21(24-15-17(30)16-25(31)28(24)32)20(19)9-6-11-22(18)29(34)33-26-13-14-35-27-12-4-3-7-23(26)27/h3-8,10-12,15-16,26H,2,9,13-14H2,1H3,(H,33,34). The summed E-state index contributed by atoms with van der Waals surface area (Å²) < 4.78 is 48.3. The van der Waals surface area contributed by atoms with E-state index in [0.29, 0.717) is 43.1 Å². The van der Waals surface area contributed by atoms with Crippen LogP contribution >= 0.6 is 0 Å². The Morgan fingerprint density at radius 1 is 1.03 bits per heavy atom. The van der Waals surface area contributed by atoms with Crippen LogP contribution in [0.5, 0.6) is 5.75 Å². The maximum atomic E-state index is 14.7. The lowest BCUT2D eigenvalue weighted by molar-refractivity contribution is -0.118. The van der Waals surface area contributed by atoms with Gasteiger partial charge in [0, 0.05) is 29.2 Å². The molecule has 0 bridgehead atoms. The minimum atomic E-state index is -1.23. The van der Waals surface area contributed by atoms with Gasteiger partial charge in [0.05, 0.1) is 12.6 Å². The van der Waals surface area contributed by atoms with E-state index in [1.165, 1.54) is 0 Å². The first-order chi connectivity index (χ1) is 17.0. The monoisotopic (exact) mass is 475 g/mol. The number of halogens is 3. The van der Waals surface area contributed by atoms with Crippen LogP contribution in [0.15, 0.2) is 72.3 Å². The second-order valence-electron chi connectivity index (χ2n) is 8.63. The van der Waals surface area contributed by atoms with E-state index in [0.717, 1.165) is 34.1 Å². The van der Waals surface area contributed by atoms with Crippen molar-refractivity contribution in [3.05, 3.63) is 106 Å². The zero-order chi connectivity index (χ0) is 24.5. The smallest absolute Gasteiger partial charge is 0.252 e. The van der Waals surface area contributed by atoms with Crippen LogP contribution < -0.4 is 10.1 Å². The molecule has 0 saturated heterocycles. The summed E-state index contributed by atoms with van der Waals surface area (Å²) in [5.74, 6) is -2.61. The fraction of sp³-hybridized carbons (Fsp3) is 0.207. The number of para-hydroxylation sites is 1. The highest BCUT2D eigenvalue weighted by atomic mass is 19.2. The van der Waals surface area contributed by atoms with Crippen molar-refractivity contribution >= 4 is 11.5 Å². The number of benzene rings is 3. The van der Waals surface area contributed by atoms with E-state index in [1.807, 2.05) is 43.3 Å². The van der Waals surface area contributed by atoms with Crippen molar-refractivity contribution in [2.24, 2.45) is 0 Å². The van der Waals surface area contributed by atoms with Gasteiger partial charge in [0.2, 0.25) is 0 Å². The van der Waals surface area contributed by atoms with E-state index in [-0.39, 0.29) is 17.5 Å². The molecule has 1 aliphatic carbocycles. The molecular weight excluding hydrogens is 451 g/mol. The van der Waals surface area contributed by atoms with Gasteiger partial charge >= 0.3 is 0 Å². The topological polar surface area (TPSA) is 38.3 Å². The molecule has 1 unspecified atom stereocenters. The van der Waals surface area contributed by atoms with Gasteiger partial charge in [-0.2, -0.15) is 0 Å². The summed E-state index contributed by atoms with van der Waals surface area (Å²) in [7, 11) is 0. The normalized spacial score (nSPS) is 16.7. The number of amides is 1. The van der Waals surface area contributed by atoms with Gasteiger partial charge in [-0.15, -0.1) is 0 Å². The summed E-state index contributed by atoms with van der Waals surface area (Å²) in [4.78, 5) is 13.5. The minimum absolute atomic E-state index is 0.130. The van der Waals surface area contributed by atoms with E-state index in [9.17, 15) is 18.0 Å². The van der Waals surface area contributed by atoms with Crippen LogP contribution in [0.3, 0.4) is 0 Å². The van der Waals surface area contributed by atoms with Gasteiger partial charge in [0.25, 0.3) is 5.91 Å². The number of fused-ring (bicyclic) bond motifs is 2. The van der Waals surface area contributed by atoms with Crippen LogP contribution in [0.4, 0.5) is 13.2 Å². The van der Waals surface area contributed by atoms with Crippen LogP contribution in [-0.2, 0) is 11.2 Å². The second-order valence-corrected chi connectivity index (χ2v) is 8.63. The van der Waals surface area contributed by atoms with Gasteiger partial charge in [-0.25, -0.2) is 13.2 Å². The third kappa shape index (κ3) is 4.25. The molecule has 6 heteroatoms. The molecule has 3 aromatic carbocycles. The SMILES string of the molecule is CCC1=C(C(=O)NC2CCOc3ccccc32)C=CCc2c1cccc2-c1cc(F)cc(F)c1F. The lowest BCUT2D eigenvalue weighted by atomic mass is 9.88. The Morgan fingerprint density at radius 3 is 2.66 bits per heavy atom. The highest BCUT2D eigenvalue weighted by Crippen LogP contribution is 2.38. The first kappa shape index (κ1) is 23.0. The summed E-state index contributed by atoms with van der Waals surface area (Å²) in [5, 5.41) is 3.15. The van der Waals surface area contributed by atoms with Crippen molar-refractivity contribution in [2.75, 3.05) is 6.61 Å². The third-order valence-electron chi connectivity index (χ3n) is 6.58. The summed E-state index contributed by atoms with van der Waals surface area (Å²) in [6.45, 7) is 2.46. The first-order valence-electron chi connectivity index (χ1n) is 11.7. The molecule has 0 fully saturated rings. The molecule has 2 aliphatic rings. The van der Waals surface area contributed by atoms with E-state index < -0.39 is 17.5 Å². The van der Waals surface area contributed by atoms with Crippen LogP contribution in [0.25, 0.3) is 16.7 Å². The van der Waals surface area contributed by atoms with Crippen molar-refractivity contribution in [1.29, 1.82) is 0 Å². The summed E-state index contributed by atoms with van der Waals surface area (Å²) in [6, 6.07) is 14.3. The lowest BCUT2D eigenvalue weighted by Crippen LogP contribution is -2.33. The number of hydrogen-bond donors (Lipinski definition) is 1. The molecule has 5 rings (SSSR count). The van der Waals surface area contributed by atoms with Crippen molar-refractivity contribution in [3.8, 4) is 16.9 Å². The predicted octanol–water partition coefficient (Wildman–Crippen LogP) is 6.69. The van der Waals surface area contributed by atoms with Crippen LogP contribution in [0, 0.1) is 17.5 Å². The quantitative estimate of drug-likeness (QED) is 0.427. The van der Waals surface area contributed by atoms with Gasteiger partial charge in [0.1, 0.15) is 11.6 Å². The Bertz CT molecular complexity index is 1380. The van der Waals surface area contributed by atoms with Crippen LogP contribution in [0.1, 0.15) is 42.5 Å². The highest BCUT2D eigenvalue weighted by Gasteiger charge is 2.26. The number of hydrogen-bond acceptors (Lipinski definition) is 2. The molecule has 0 radical (unpaired) electrons. The molecule has 1 aliphatic heterocycles. The fourth-order valence-corrected chi connectivity index (χ4v) is 4.96. The molecule has 1 N–H and O–H groups in total. The molecular formula is C29H24F3NO2. The van der Waals surface area contributed by atoms with Gasteiger partial charge in [-0.05, 0) is 47.2 Å². The fourth-order valence-electron chi connectivity index (χ4n) is 4.96. The number of nitrogens with one attached hydrogen (secondary N) is 1. The molecule has 0 spiro atoms. The number of ether oxygens (including phenoxy) is 1. The van der Waals surface area contributed by atoms with Gasteiger partial charge in [0.15, 0.2) is 11.6 Å². The van der Waals surface area contributed by atoms with E-state index in [1.54, 1.807) is 18.2 Å². The molecule has 178 valence electrons. The maximum absolute atomic E-state index is 14.7. The van der Waals surface area contributed by atoms with Gasteiger partial charge in [-0.1, -0.05) is 55.5 Å². The Kier molecular flexibility index (Phi) is 6.20. The molecule has 1 atom stereocenters. The van der Waals surface area contributed by atoms with Gasteiger partial charge < -0.3 is 10.1 Å². The minimum Gasteiger partial charge on any atom is -0.493 e. The zero-order valence-electron chi connectivity index (χ0n) is 19.2. The molecule has 0 aromatic heterocycles. The Balaban J connectivity index is 1.56. The number of rotatable bonds is 4. The first-order valence-corrected chi connectivity index (χ1v) is 11.7. The predicted molar refractivity (Wildman–Crippen MR) is 129 cm³/mol. The van der Waals surface area contributed by atoms with Crippen molar-refractivity contribution in [3.63, 3.8) is 0 Å². The highest BCUT2D eigenvalue weighted by molar-refractivity contribution is 6.05. The lowest BCUT2D eigenvalue weighted by Gasteiger charge is -2.27. The van der Waals surface area contributed by atoms with Crippen molar-refractivity contribution in [2.45, 2.75) is 32.2 Å². The van der Waals surface area contributed by atoms with E-state index in [2.05, 4.69) is 5.32 Å². The van der Waals surface area contributed by atoms with Gasteiger partial charge in [-0.3, -0.25) is 4.79 Å². The van der Waals surface area contributed by atoms with Crippen molar-refractivity contribution < 1.29 is 22.7 Å². The Morgan fingerprint density at radius 2 is 1.83 bits per heavy atom. The molecule has 1 heterocycles. The van der Waals surface area contributed by atoms with Crippen LogP contribution in [0.2, 0.25) is 0 Å². The third-order valence-corrected chi connectivity index (χ3v) is 6.58. The molecule has 0 saturated carbocycles. The average molecular weight is 476 g/mol. The molecule has 35 heavy (non-hydrogen) atoms. The summed E-state index contributed by atoms with van der Waals surface area (Å²) in [6.07, 6.45) is 5.22. The number of allylic oxidation sites excluding steroid dienone is 2. The second kappa shape index (κ2) is 9.45. The largest absolute Gasteiger partial charge is 0.493 e. The molecule has 3 aromatic rings. The maximum Gasteiger partial charge on any atom is 0.252 e. The summed E-state index contributed by atoms with van der Waals surface area (Å²) in [5.41, 5.74) is 4.04. The number of carbonyl (C=O) groups excluding carboxylic acids is 1. The number of carbonyl (C=O) groups is 1. The summed E-state index contributed by atoms with van der Waals surface area (Å²) >= 11 is 0. The Hall–Kier alpha value is -3.80. The zero-order valence-corrected chi connectivity index (χ0v) is 19.2. The average Bonchev–Trinajstić information content (AvgIpc) is 3.05. The molecule has 1 amide bonds. The van der Waals surface area contributed by atoms with E-state index >= 15 is 0 Å². The van der Waals surface area contributed by atoms with E-state index in [4.69, 9.17) is 4.74 Å². The van der Waals surface area contributed by atoms with Crippen molar-refractivity contribution in [1.82, 2.24) is 5.32 Å². The Labute approximate surface area is 201 Å². The molecule has 3 nitrogen and oxygen atoms in total. The van der Waals surface area contributed by atoms with Crippen LogP contribution in [-0.4, -0.2) is 12.5 Å².